The van der Waals surface area contributed by atoms with Crippen LogP contribution in [0.5, 0.6) is 0 Å². The summed E-state index contributed by atoms with van der Waals surface area (Å²) < 4.78 is 5.96. The summed E-state index contributed by atoms with van der Waals surface area (Å²) in [5.41, 5.74) is 0. The first kappa shape index (κ1) is 10.8. The second-order valence-corrected chi connectivity index (χ2v) is 6.88. The van der Waals surface area contributed by atoms with Gasteiger partial charge in [-0.15, -0.1) is 0 Å². The molecule has 0 aromatic carbocycles. The fourth-order valence-corrected chi connectivity index (χ4v) is 5.97. The zero-order chi connectivity index (χ0) is 11.6. The first-order chi connectivity index (χ1) is 8.31. The number of ether oxygens (including phenoxy) is 1. The van der Waals surface area contributed by atoms with Gasteiger partial charge in [0.05, 0.1) is 12.2 Å². The molecule has 0 heterocycles. The summed E-state index contributed by atoms with van der Waals surface area (Å²) in [4.78, 5) is 0. The minimum atomic E-state index is -0.146. The van der Waals surface area contributed by atoms with Crippen molar-refractivity contribution in [3.05, 3.63) is 0 Å². The predicted octanol–water partition coefficient (Wildman–Crippen LogP) is 2.45. The maximum absolute atomic E-state index is 10.5. The first-order valence-electron chi connectivity index (χ1n) is 7.61. The summed E-state index contributed by atoms with van der Waals surface area (Å²) in [5.74, 6) is 5.02. The highest BCUT2D eigenvalue weighted by Gasteiger charge is 2.65. The van der Waals surface area contributed by atoms with Gasteiger partial charge in [0.1, 0.15) is 0 Å². The van der Waals surface area contributed by atoms with E-state index in [1.54, 1.807) is 0 Å². The summed E-state index contributed by atoms with van der Waals surface area (Å²) in [6, 6.07) is 0. The van der Waals surface area contributed by atoms with E-state index in [9.17, 15) is 5.11 Å². The van der Waals surface area contributed by atoms with Crippen LogP contribution in [0.25, 0.3) is 0 Å². The van der Waals surface area contributed by atoms with Crippen molar-refractivity contribution in [2.45, 2.75) is 51.2 Å². The van der Waals surface area contributed by atoms with Crippen LogP contribution in [-0.2, 0) is 4.74 Å². The SMILES string of the molecule is CCCOC1C(O)C2CC1C1C3CCC(C3)C21. The molecular formula is C15H24O2. The van der Waals surface area contributed by atoms with Crippen LogP contribution in [0.2, 0.25) is 0 Å². The third-order valence-corrected chi connectivity index (χ3v) is 6.29. The van der Waals surface area contributed by atoms with Gasteiger partial charge in [0.15, 0.2) is 0 Å². The Bertz CT molecular complexity index is 316. The van der Waals surface area contributed by atoms with Crippen molar-refractivity contribution in [2.75, 3.05) is 6.61 Å². The molecule has 4 bridgehead atoms. The van der Waals surface area contributed by atoms with E-state index in [2.05, 4.69) is 6.92 Å². The molecule has 17 heavy (non-hydrogen) atoms. The van der Waals surface area contributed by atoms with E-state index in [1.165, 1.54) is 25.7 Å². The molecule has 4 aliphatic carbocycles. The van der Waals surface area contributed by atoms with E-state index >= 15 is 0 Å². The maximum atomic E-state index is 10.5. The minimum Gasteiger partial charge on any atom is -0.390 e. The number of aliphatic hydroxyl groups is 1. The molecule has 0 saturated heterocycles. The van der Waals surface area contributed by atoms with Gasteiger partial charge in [0.2, 0.25) is 0 Å². The third-order valence-electron chi connectivity index (χ3n) is 6.29. The average molecular weight is 236 g/mol. The molecule has 96 valence electrons. The number of rotatable bonds is 3. The molecule has 4 aliphatic rings. The van der Waals surface area contributed by atoms with Gasteiger partial charge in [-0.25, -0.2) is 0 Å². The van der Waals surface area contributed by atoms with Crippen molar-refractivity contribution < 1.29 is 9.84 Å². The molecule has 8 unspecified atom stereocenters. The quantitative estimate of drug-likeness (QED) is 0.763. The molecule has 2 nitrogen and oxygen atoms in total. The van der Waals surface area contributed by atoms with Crippen LogP contribution in [0, 0.1) is 35.5 Å². The molecule has 4 saturated carbocycles. The molecule has 8 atom stereocenters. The molecule has 4 rings (SSSR count). The molecule has 0 aliphatic heterocycles. The fourth-order valence-electron chi connectivity index (χ4n) is 5.97. The first-order valence-corrected chi connectivity index (χ1v) is 7.61. The number of hydrogen-bond acceptors (Lipinski definition) is 2. The molecule has 0 spiro atoms. The zero-order valence-corrected chi connectivity index (χ0v) is 10.7. The lowest BCUT2D eigenvalue weighted by Crippen LogP contribution is -2.45. The summed E-state index contributed by atoms with van der Waals surface area (Å²) in [7, 11) is 0. The Morgan fingerprint density at radius 3 is 2.47 bits per heavy atom. The predicted molar refractivity (Wildman–Crippen MR) is 65.4 cm³/mol. The Morgan fingerprint density at radius 2 is 1.76 bits per heavy atom. The Labute approximate surface area is 104 Å². The van der Waals surface area contributed by atoms with Gasteiger partial charge >= 0.3 is 0 Å². The highest BCUT2D eigenvalue weighted by molar-refractivity contribution is 5.14. The van der Waals surface area contributed by atoms with E-state index < -0.39 is 0 Å². The monoisotopic (exact) mass is 236 g/mol. The standard InChI is InChI=1S/C15H24O2/c1-2-5-17-15-11-7-10(14(15)16)12-8-3-4-9(6-8)13(11)12/h8-16H,2-7H2,1H3. The van der Waals surface area contributed by atoms with Crippen molar-refractivity contribution in [1.82, 2.24) is 0 Å². The third kappa shape index (κ3) is 1.29. The van der Waals surface area contributed by atoms with Gasteiger partial charge in [-0.05, 0) is 67.6 Å². The van der Waals surface area contributed by atoms with Crippen LogP contribution in [-0.4, -0.2) is 23.9 Å². The minimum absolute atomic E-state index is 0.146. The van der Waals surface area contributed by atoms with Gasteiger partial charge in [-0.3, -0.25) is 0 Å². The Balaban J connectivity index is 1.57. The van der Waals surface area contributed by atoms with Crippen LogP contribution in [0.4, 0.5) is 0 Å². The molecule has 2 heteroatoms. The van der Waals surface area contributed by atoms with Crippen LogP contribution in [0.15, 0.2) is 0 Å². The van der Waals surface area contributed by atoms with Crippen molar-refractivity contribution >= 4 is 0 Å². The summed E-state index contributed by atoms with van der Waals surface area (Å²) in [5, 5.41) is 10.5. The van der Waals surface area contributed by atoms with E-state index in [0.717, 1.165) is 36.7 Å². The maximum Gasteiger partial charge on any atom is 0.0867 e. The Hall–Kier alpha value is -0.0800. The van der Waals surface area contributed by atoms with Crippen molar-refractivity contribution in [1.29, 1.82) is 0 Å². The van der Waals surface area contributed by atoms with Gasteiger partial charge in [-0.1, -0.05) is 6.92 Å². The second-order valence-electron chi connectivity index (χ2n) is 6.88. The lowest BCUT2D eigenvalue weighted by atomic mass is 9.69. The molecule has 4 fully saturated rings. The van der Waals surface area contributed by atoms with E-state index in [1.807, 2.05) is 0 Å². The van der Waals surface area contributed by atoms with Crippen LogP contribution in [0.3, 0.4) is 0 Å². The Morgan fingerprint density at radius 1 is 1.06 bits per heavy atom. The molecule has 0 radical (unpaired) electrons. The highest BCUT2D eigenvalue weighted by atomic mass is 16.5. The largest absolute Gasteiger partial charge is 0.390 e. The Kier molecular flexibility index (Phi) is 2.36. The van der Waals surface area contributed by atoms with Crippen LogP contribution >= 0.6 is 0 Å². The van der Waals surface area contributed by atoms with Crippen molar-refractivity contribution in [3.8, 4) is 0 Å². The molecule has 0 aromatic heterocycles. The topological polar surface area (TPSA) is 29.5 Å². The average Bonchev–Trinajstić information content (AvgIpc) is 3.04. The van der Waals surface area contributed by atoms with Crippen LogP contribution < -0.4 is 0 Å². The lowest BCUT2D eigenvalue weighted by Gasteiger charge is -2.41. The number of aliphatic hydroxyl groups excluding tert-OH is 1. The van der Waals surface area contributed by atoms with Gasteiger partial charge in [0.25, 0.3) is 0 Å². The summed E-state index contributed by atoms with van der Waals surface area (Å²) in [6.07, 6.45) is 6.75. The van der Waals surface area contributed by atoms with Crippen molar-refractivity contribution in [3.63, 3.8) is 0 Å². The van der Waals surface area contributed by atoms with Gasteiger partial charge < -0.3 is 9.84 Å². The van der Waals surface area contributed by atoms with Crippen molar-refractivity contribution in [2.24, 2.45) is 35.5 Å². The van der Waals surface area contributed by atoms with Gasteiger partial charge in [0, 0.05) is 6.61 Å². The van der Waals surface area contributed by atoms with Gasteiger partial charge in [-0.2, -0.15) is 0 Å². The molecule has 0 amide bonds. The number of hydrogen-bond donors (Lipinski definition) is 1. The molecule has 0 aromatic rings. The number of fused-ring (bicyclic) bond motifs is 9. The molecular weight excluding hydrogens is 212 g/mol. The summed E-state index contributed by atoms with van der Waals surface area (Å²) in [6.45, 7) is 2.98. The normalized spacial score (nSPS) is 58.9. The second kappa shape index (κ2) is 3.71. The van der Waals surface area contributed by atoms with Crippen LogP contribution in [0.1, 0.15) is 39.0 Å². The summed E-state index contributed by atoms with van der Waals surface area (Å²) >= 11 is 0. The zero-order valence-electron chi connectivity index (χ0n) is 10.7. The molecule has 1 N–H and O–H groups in total. The lowest BCUT2D eigenvalue weighted by molar-refractivity contribution is -0.103. The fraction of sp³-hybridized carbons (Fsp3) is 1.00. The van der Waals surface area contributed by atoms with E-state index in [4.69, 9.17) is 4.74 Å². The smallest absolute Gasteiger partial charge is 0.0867 e. The highest BCUT2D eigenvalue weighted by Crippen LogP contribution is 2.67. The van der Waals surface area contributed by atoms with E-state index in [0.29, 0.717) is 11.8 Å². The van der Waals surface area contributed by atoms with E-state index in [-0.39, 0.29) is 12.2 Å².